The molecule has 0 radical (unpaired) electrons. The van der Waals surface area contributed by atoms with Crippen LogP contribution in [0.3, 0.4) is 0 Å². The fourth-order valence-electron chi connectivity index (χ4n) is 1.44. The van der Waals surface area contributed by atoms with Crippen LogP contribution >= 0.6 is 34.3 Å². The lowest BCUT2D eigenvalue weighted by Gasteiger charge is -2.10. The predicted octanol–water partition coefficient (Wildman–Crippen LogP) is 3.23. The lowest BCUT2D eigenvalue weighted by atomic mass is 10.2. The molecule has 0 aromatic carbocycles. The van der Waals surface area contributed by atoms with Crippen molar-refractivity contribution >= 4 is 40.2 Å². The molecule has 0 spiro atoms. The molecule has 1 atom stereocenters. The Morgan fingerprint density at radius 2 is 2.33 bits per heavy atom. The van der Waals surface area contributed by atoms with Crippen molar-refractivity contribution in [2.75, 3.05) is 6.54 Å². The Balaban J connectivity index is 1.95. The van der Waals surface area contributed by atoms with Crippen LogP contribution in [0.5, 0.6) is 0 Å². The fourth-order valence-corrected chi connectivity index (χ4v) is 3.34. The summed E-state index contributed by atoms with van der Waals surface area (Å²) in [7, 11) is 0. The smallest absolute Gasteiger partial charge is 0.262 e. The third-order valence-corrected chi connectivity index (χ3v) is 4.89. The van der Waals surface area contributed by atoms with Crippen LogP contribution in [0, 0.1) is 6.92 Å². The van der Waals surface area contributed by atoms with E-state index in [0.29, 0.717) is 9.90 Å². The monoisotopic (exact) mass is 301 g/mol. The molecule has 2 rings (SSSR count). The van der Waals surface area contributed by atoms with Gasteiger partial charge in [-0.15, -0.1) is 11.3 Å². The number of carbonyl (C=O) groups is 1. The highest BCUT2D eigenvalue weighted by atomic mass is 35.5. The number of aryl methyl sites for hydroxylation is 1. The zero-order valence-electron chi connectivity index (χ0n) is 9.64. The van der Waals surface area contributed by atoms with Gasteiger partial charge in [0.15, 0.2) is 0 Å². The van der Waals surface area contributed by atoms with Gasteiger partial charge in [0, 0.05) is 6.54 Å². The molecule has 0 aliphatic heterocycles. The van der Waals surface area contributed by atoms with Crippen molar-refractivity contribution in [2.45, 2.75) is 13.0 Å². The summed E-state index contributed by atoms with van der Waals surface area (Å²) >= 11 is 8.83. The maximum absolute atomic E-state index is 11.9. The van der Waals surface area contributed by atoms with Crippen LogP contribution in [0.1, 0.15) is 26.9 Å². The Bertz CT molecular complexity index is 536. The molecule has 96 valence electrons. The SMILES string of the molecule is Cc1csc(C(=O)NCC(O)c2ccsc2)c1Cl. The zero-order chi connectivity index (χ0) is 13.1. The van der Waals surface area contributed by atoms with Crippen LogP contribution in [0.4, 0.5) is 0 Å². The molecule has 3 nitrogen and oxygen atoms in total. The summed E-state index contributed by atoms with van der Waals surface area (Å²) in [5, 5.41) is 18.6. The van der Waals surface area contributed by atoms with Gasteiger partial charge in [-0.1, -0.05) is 11.6 Å². The molecular formula is C12H12ClNO2S2. The summed E-state index contributed by atoms with van der Waals surface area (Å²) in [5.74, 6) is -0.243. The summed E-state index contributed by atoms with van der Waals surface area (Å²) in [4.78, 5) is 12.4. The molecule has 0 aliphatic carbocycles. The van der Waals surface area contributed by atoms with Crippen molar-refractivity contribution in [2.24, 2.45) is 0 Å². The van der Waals surface area contributed by atoms with Gasteiger partial charge < -0.3 is 10.4 Å². The number of rotatable bonds is 4. The van der Waals surface area contributed by atoms with E-state index in [1.54, 1.807) is 0 Å². The van der Waals surface area contributed by atoms with E-state index in [0.717, 1.165) is 11.1 Å². The number of nitrogens with one attached hydrogen (secondary N) is 1. The number of hydrogen-bond donors (Lipinski definition) is 2. The van der Waals surface area contributed by atoms with E-state index < -0.39 is 6.10 Å². The van der Waals surface area contributed by atoms with Gasteiger partial charge in [-0.2, -0.15) is 11.3 Å². The molecule has 1 unspecified atom stereocenters. The number of thiophene rings is 2. The van der Waals surface area contributed by atoms with E-state index in [1.165, 1.54) is 22.7 Å². The van der Waals surface area contributed by atoms with E-state index >= 15 is 0 Å². The van der Waals surface area contributed by atoms with Crippen molar-refractivity contribution in [3.63, 3.8) is 0 Å². The minimum atomic E-state index is -0.681. The summed E-state index contributed by atoms with van der Waals surface area (Å²) in [5.41, 5.74) is 1.71. The van der Waals surface area contributed by atoms with Crippen LogP contribution in [0.15, 0.2) is 22.2 Å². The molecule has 2 aromatic rings. The van der Waals surface area contributed by atoms with Gasteiger partial charge in [-0.3, -0.25) is 4.79 Å². The van der Waals surface area contributed by atoms with Crippen molar-refractivity contribution in [1.82, 2.24) is 5.32 Å². The van der Waals surface area contributed by atoms with E-state index in [4.69, 9.17) is 11.6 Å². The molecular weight excluding hydrogens is 290 g/mol. The van der Waals surface area contributed by atoms with E-state index in [9.17, 15) is 9.90 Å². The van der Waals surface area contributed by atoms with Gasteiger partial charge in [0.25, 0.3) is 5.91 Å². The maximum Gasteiger partial charge on any atom is 0.262 e. The molecule has 0 saturated carbocycles. The average molecular weight is 302 g/mol. The first-order valence-corrected chi connectivity index (χ1v) is 7.51. The highest BCUT2D eigenvalue weighted by Gasteiger charge is 2.16. The van der Waals surface area contributed by atoms with Crippen LogP contribution in [-0.4, -0.2) is 17.6 Å². The zero-order valence-corrected chi connectivity index (χ0v) is 12.0. The van der Waals surface area contributed by atoms with Gasteiger partial charge in [-0.05, 0) is 40.3 Å². The topological polar surface area (TPSA) is 49.3 Å². The molecule has 18 heavy (non-hydrogen) atoms. The van der Waals surface area contributed by atoms with E-state index in [2.05, 4.69) is 5.32 Å². The first kappa shape index (κ1) is 13.5. The lowest BCUT2D eigenvalue weighted by Crippen LogP contribution is -2.27. The normalized spacial score (nSPS) is 12.4. The van der Waals surface area contributed by atoms with Gasteiger partial charge in [-0.25, -0.2) is 0 Å². The van der Waals surface area contributed by atoms with Crippen LogP contribution in [0.25, 0.3) is 0 Å². The average Bonchev–Trinajstić information content (AvgIpc) is 2.98. The molecule has 2 heterocycles. The number of aliphatic hydroxyl groups is 1. The molecule has 6 heteroatoms. The largest absolute Gasteiger partial charge is 0.387 e. The highest BCUT2D eigenvalue weighted by Crippen LogP contribution is 2.27. The van der Waals surface area contributed by atoms with Crippen molar-refractivity contribution < 1.29 is 9.90 Å². The standard InChI is InChI=1S/C12H12ClNO2S2/c1-7-5-18-11(10(7)13)12(16)14-4-9(15)8-2-3-17-6-8/h2-3,5-6,9,15H,4H2,1H3,(H,14,16). The Hall–Kier alpha value is -0.880. The summed E-state index contributed by atoms with van der Waals surface area (Å²) in [6.45, 7) is 2.04. The predicted molar refractivity (Wildman–Crippen MR) is 75.7 cm³/mol. The van der Waals surface area contributed by atoms with Gasteiger partial charge in [0.05, 0.1) is 11.1 Å². The van der Waals surface area contributed by atoms with Gasteiger partial charge in [0.2, 0.25) is 0 Å². The van der Waals surface area contributed by atoms with Crippen molar-refractivity contribution in [3.8, 4) is 0 Å². The number of halogens is 1. The molecule has 0 fully saturated rings. The van der Waals surface area contributed by atoms with Crippen molar-refractivity contribution in [3.05, 3.63) is 43.2 Å². The number of carbonyl (C=O) groups excluding carboxylic acids is 1. The third-order valence-electron chi connectivity index (χ3n) is 2.49. The minimum absolute atomic E-state index is 0.183. The third kappa shape index (κ3) is 2.92. The second-order valence-electron chi connectivity index (χ2n) is 3.84. The fraction of sp³-hybridized carbons (Fsp3) is 0.250. The van der Waals surface area contributed by atoms with Crippen molar-refractivity contribution in [1.29, 1.82) is 0 Å². The highest BCUT2D eigenvalue weighted by molar-refractivity contribution is 7.13. The van der Waals surface area contributed by atoms with Crippen LogP contribution in [0.2, 0.25) is 5.02 Å². The summed E-state index contributed by atoms with van der Waals surface area (Å²) in [6.07, 6.45) is -0.681. The Kier molecular flexibility index (Phi) is 4.40. The van der Waals surface area contributed by atoms with Crippen LogP contribution in [-0.2, 0) is 0 Å². The molecule has 2 N–H and O–H groups in total. The first-order chi connectivity index (χ1) is 8.59. The molecule has 0 saturated heterocycles. The van der Waals surface area contributed by atoms with E-state index in [1.807, 2.05) is 29.1 Å². The number of amides is 1. The Labute approximate surface area is 118 Å². The maximum atomic E-state index is 11.9. The van der Waals surface area contributed by atoms with Crippen LogP contribution < -0.4 is 5.32 Å². The Morgan fingerprint density at radius 1 is 1.56 bits per heavy atom. The summed E-state index contributed by atoms with van der Waals surface area (Å²) in [6, 6.07) is 1.84. The second kappa shape index (κ2) is 5.84. The quantitative estimate of drug-likeness (QED) is 0.911. The van der Waals surface area contributed by atoms with E-state index in [-0.39, 0.29) is 12.5 Å². The number of hydrogen-bond acceptors (Lipinski definition) is 4. The molecule has 2 aromatic heterocycles. The minimum Gasteiger partial charge on any atom is -0.387 e. The first-order valence-electron chi connectivity index (χ1n) is 5.31. The Morgan fingerprint density at radius 3 is 2.89 bits per heavy atom. The number of aliphatic hydroxyl groups excluding tert-OH is 1. The second-order valence-corrected chi connectivity index (χ2v) is 5.88. The van der Waals surface area contributed by atoms with Gasteiger partial charge >= 0.3 is 0 Å². The lowest BCUT2D eigenvalue weighted by molar-refractivity contribution is 0.0920. The molecule has 1 amide bonds. The van der Waals surface area contributed by atoms with Gasteiger partial charge in [0.1, 0.15) is 4.88 Å². The molecule has 0 aliphatic rings. The molecule has 0 bridgehead atoms. The summed E-state index contributed by atoms with van der Waals surface area (Å²) < 4.78 is 0.